The number of thiophene rings is 4. The van der Waals surface area contributed by atoms with Crippen LogP contribution in [0.3, 0.4) is 0 Å². The molecule has 0 amide bonds. The van der Waals surface area contributed by atoms with Crippen LogP contribution in [0.4, 0.5) is 0 Å². The van der Waals surface area contributed by atoms with Crippen molar-refractivity contribution in [3.63, 3.8) is 0 Å². The summed E-state index contributed by atoms with van der Waals surface area (Å²) in [4.78, 5) is 5.17. The van der Waals surface area contributed by atoms with E-state index in [0.29, 0.717) is 62.7 Å². The SMILES string of the molecule is CC1(C)OC(=C(C#N)C#N)C(C#N)=C1C=Cc1ccc(C(C#N)=Cc2sc(-c3cc(C#N)c(C=C(C#N)c4ccc(C=CC5=C(C#N)C(=C(C#N)C#N)OC5(C)C)s4)s3)cc2C#N)s1. The van der Waals surface area contributed by atoms with E-state index < -0.39 is 11.2 Å². The van der Waals surface area contributed by atoms with Gasteiger partial charge in [-0.25, -0.2) is 0 Å². The predicted molar refractivity (Wildman–Crippen MR) is 243 cm³/mol. The summed E-state index contributed by atoms with van der Waals surface area (Å²) in [6, 6.07) is 30.6. The largest absolute Gasteiger partial charge is 0.480 e. The number of ether oxygens (including phenoxy) is 2. The molecular formula is C48H24N10O2S4. The second-order valence-corrected chi connectivity index (χ2v) is 18.7. The highest BCUT2D eigenvalue weighted by Gasteiger charge is 2.40. The maximum absolute atomic E-state index is 10.2. The van der Waals surface area contributed by atoms with E-state index in [1.807, 2.05) is 12.1 Å². The van der Waals surface area contributed by atoms with E-state index in [0.717, 1.165) is 9.75 Å². The minimum Gasteiger partial charge on any atom is -0.480 e. The Kier molecular flexibility index (Phi) is 12.9. The van der Waals surface area contributed by atoms with Crippen molar-refractivity contribution < 1.29 is 9.47 Å². The zero-order chi connectivity index (χ0) is 46.3. The van der Waals surface area contributed by atoms with Crippen molar-refractivity contribution in [2.45, 2.75) is 38.9 Å². The first-order valence-electron chi connectivity index (χ1n) is 18.4. The van der Waals surface area contributed by atoms with Gasteiger partial charge in [-0.2, -0.15) is 52.6 Å². The van der Waals surface area contributed by atoms with Crippen molar-refractivity contribution >= 4 is 80.8 Å². The second kappa shape index (κ2) is 18.5. The zero-order valence-electron chi connectivity index (χ0n) is 33.8. The summed E-state index contributed by atoms with van der Waals surface area (Å²) in [6.45, 7) is 6.90. The Morgan fingerprint density at radius 2 is 0.859 bits per heavy atom. The smallest absolute Gasteiger partial charge is 0.172 e. The molecule has 4 aromatic heterocycles. The molecule has 0 atom stereocenters. The molecule has 6 heterocycles. The molecule has 0 aromatic carbocycles. The predicted octanol–water partition coefficient (Wildman–Crippen LogP) is 11.4. The van der Waals surface area contributed by atoms with Gasteiger partial charge in [-0.3, -0.25) is 0 Å². The molecule has 0 saturated carbocycles. The molecule has 0 unspecified atom stereocenters. The molecule has 6 rings (SSSR count). The number of allylic oxidation sites excluding steroid dienone is 6. The third-order valence-corrected chi connectivity index (χ3v) is 14.1. The lowest BCUT2D eigenvalue weighted by Gasteiger charge is -2.20. The first-order chi connectivity index (χ1) is 30.7. The number of nitrogens with zero attached hydrogens (tertiary/aromatic N) is 10. The Morgan fingerprint density at radius 1 is 0.484 bits per heavy atom. The van der Waals surface area contributed by atoms with Crippen molar-refractivity contribution in [1.29, 1.82) is 52.6 Å². The van der Waals surface area contributed by atoms with E-state index in [4.69, 9.17) is 9.47 Å². The molecule has 2 aliphatic heterocycles. The van der Waals surface area contributed by atoms with Crippen molar-refractivity contribution in [2.75, 3.05) is 0 Å². The summed E-state index contributed by atoms with van der Waals surface area (Å²) < 4.78 is 11.7. The molecule has 0 bridgehead atoms. The zero-order valence-corrected chi connectivity index (χ0v) is 37.1. The first-order valence-corrected chi connectivity index (χ1v) is 21.7. The summed E-state index contributed by atoms with van der Waals surface area (Å²) in [6.07, 6.45) is 10.2. The quantitative estimate of drug-likeness (QED) is 0.142. The molecule has 302 valence electrons. The third-order valence-electron chi connectivity index (χ3n) is 9.54. The number of nitriles is 10. The fraction of sp³-hybridized carbons (Fsp3) is 0.125. The van der Waals surface area contributed by atoms with Gasteiger partial charge >= 0.3 is 0 Å². The van der Waals surface area contributed by atoms with Gasteiger partial charge in [0.05, 0.1) is 22.3 Å². The molecule has 0 fully saturated rings. The van der Waals surface area contributed by atoms with Gasteiger partial charge in [-0.1, -0.05) is 12.2 Å². The molecule has 12 nitrogen and oxygen atoms in total. The Labute approximate surface area is 383 Å². The van der Waals surface area contributed by atoms with Crippen LogP contribution < -0.4 is 0 Å². The van der Waals surface area contributed by atoms with Gasteiger partial charge in [0.15, 0.2) is 22.7 Å². The normalized spacial score (nSPS) is 15.1. The highest BCUT2D eigenvalue weighted by atomic mass is 32.1. The topological polar surface area (TPSA) is 256 Å². The van der Waals surface area contributed by atoms with Crippen LogP contribution in [0.15, 0.2) is 93.5 Å². The average Bonchev–Trinajstić information content (AvgIpc) is 4.15. The molecule has 0 saturated heterocycles. The standard InChI is InChI=1S/C48H24N10O2S4/c1-47(2)37(35(25-57)45(59-47)31(21-53)22-54)9-5-33-7-11-39(61-33)27(17-49)13-41-29(19-51)15-43(63-41)44-16-30(20-52)42(64-44)14-28(18-50)40-12-8-34(62-40)6-10-38-36(26-58)46(32(23-55)24-56)60-48(38,3)4/h5-16H,1-4H3. The Bertz CT molecular complexity index is 3140. The van der Waals surface area contributed by atoms with E-state index in [2.05, 4.69) is 24.3 Å². The Morgan fingerprint density at radius 3 is 1.17 bits per heavy atom. The Balaban J connectivity index is 1.26. The van der Waals surface area contributed by atoms with Gasteiger partial charge in [0.2, 0.25) is 0 Å². The van der Waals surface area contributed by atoms with Crippen molar-refractivity contribution in [1.82, 2.24) is 0 Å². The average molecular weight is 901 g/mol. The van der Waals surface area contributed by atoms with Crippen LogP contribution >= 0.6 is 45.3 Å². The van der Waals surface area contributed by atoms with Crippen molar-refractivity contribution in [3.05, 3.63) is 134 Å². The second-order valence-electron chi connectivity index (χ2n) is 14.3. The van der Waals surface area contributed by atoms with Gasteiger partial charge in [0, 0.05) is 50.2 Å². The van der Waals surface area contributed by atoms with E-state index in [9.17, 15) is 52.6 Å². The highest BCUT2D eigenvalue weighted by Crippen LogP contribution is 2.44. The lowest BCUT2D eigenvalue weighted by atomic mass is 9.94. The number of rotatable bonds is 9. The van der Waals surface area contributed by atoms with Crippen LogP contribution in [0.1, 0.15) is 68.1 Å². The molecule has 64 heavy (non-hydrogen) atoms. The highest BCUT2D eigenvalue weighted by molar-refractivity contribution is 7.23. The van der Waals surface area contributed by atoms with E-state index in [1.54, 1.807) is 125 Å². The van der Waals surface area contributed by atoms with Crippen LogP contribution in [-0.4, -0.2) is 11.2 Å². The van der Waals surface area contributed by atoms with Gasteiger partial charge in [0.1, 0.15) is 83.0 Å². The first kappa shape index (κ1) is 44.8. The van der Waals surface area contributed by atoms with Gasteiger partial charge in [0.25, 0.3) is 0 Å². The fourth-order valence-electron chi connectivity index (χ4n) is 6.49. The van der Waals surface area contributed by atoms with Gasteiger partial charge < -0.3 is 9.47 Å². The van der Waals surface area contributed by atoms with Crippen LogP contribution in [0.2, 0.25) is 0 Å². The molecule has 16 heteroatoms. The fourth-order valence-corrected chi connectivity index (χ4v) is 10.4. The number of hydrogen-bond acceptors (Lipinski definition) is 16. The van der Waals surface area contributed by atoms with E-state index in [1.165, 1.54) is 45.3 Å². The monoisotopic (exact) mass is 900 g/mol. The summed E-state index contributed by atoms with van der Waals surface area (Å²) in [5.41, 5.74) is -0.136. The summed E-state index contributed by atoms with van der Waals surface area (Å²) in [5.74, 6) is -0.127. The Hall–Kier alpha value is -8.78. The number of hydrogen-bond donors (Lipinski definition) is 0. The lowest BCUT2D eigenvalue weighted by Crippen LogP contribution is -2.20. The van der Waals surface area contributed by atoms with E-state index in [-0.39, 0.29) is 33.8 Å². The minimum absolute atomic E-state index is 0.0633. The van der Waals surface area contributed by atoms with Crippen LogP contribution in [-0.2, 0) is 9.47 Å². The maximum atomic E-state index is 10.2. The molecule has 0 spiro atoms. The van der Waals surface area contributed by atoms with Gasteiger partial charge in [-0.15, -0.1) is 45.3 Å². The van der Waals surface area contributed by atoms with Crippen molar-refractivity contribution in [3.8, 4) is 70.4 Å². The van der Waals surface area contributed by atoms with Gasteiger partial charge in [-0.05, 0) is 88.4 Å². The molecular weight excluding hydrogens is 877 g/mol. The summed E-state index contributed by atoms with van der Waals surface area (Å²) in [7, 11) is 0. The molecule has 4 aromatic rings. The molecule has 0 radical (unpaired) electrons. The molecule has 0 aliphatic carbocycles. The summed E-state index contributed by atoms with van der Waals surface area (Å²) in [5, 5.41) is 97.8. The van der Waals surface area contributed by atoms with Crippen molar-refractivity contribution in [2.24, 2.45) is 0 Å². The summed E-state index contributed by atoms with van der Waals surface area (Å²) >= 11 is 5.18. The van der Waals surface area contributed by atoms with E-state index >= 15 is 0 Å². The lowest BCUT2D eigenvalue weighted by molar-refractivity contribution is 0.0951. The third kappa shape index (κ3) is 8.69. The minimum atomic E-state index is -0.986. The maximum Gasteiger partial charge on any atom is 0.172 e. The molecule has 2 aliphatic rings. The van der Waals surface area contributed by atoms with Crippen LogP contribution in [0, 0.1) is 113 Å². The van der Waals surface area contributed by atoms with Crippen LogP contribution in [0.25, 0.3) is 45.2 Å². The molecule has 0 N–H and O–H groups in total. The van der Waals surface area contributed by atoms with Crippen LogP contribution in [0.5, 0.6) is 0 Å².